The van der Waals surface area contributed by atoms with Crippen LogP contribution in [-0.4, -0.2) is 21.5 Å². The molecular weight excluding hydrogens is 247 g/mol. The Morgan fingerprint density at radius 1 is 1.47 bits per heavy atom. The summed E-state index contributed by atoms with van der Waals surface area (Å²) in [5, 5.41) is 24.4. The molecule has 0 radical (unpaired) electrons. The summed E-state index contributed by atoms with van der Waals surface area (Å²) in [4.78, 5) is 0. The molecule has 2 N–H and O–H groups in total. The van der Waals surface area contributed by atoms with Gasteiger partial charge in [-0.15, -0.1) is 0 Å². The maximum Gasteiger partial charge on any atom is 0.147 e. The molecule has 0 aliphatic rings. The molecule has 0 fully saturated rings. The normalized spacial score (nSPS) is 10.2. The average molecular weight is 260 g/mol. The molecule has 1 aromatic heterocycles. The lowest BCUT2D eigenvalue weighted by molar-refractivity contribution is 0.269. The number of halogens is 1. The number of hydrogen-bond donors (Lipinski definition) is 2. The van der Waals surface area contributed by atoms with E-state index in [0.717, 1.165) is 5.56 Å². The van der Waals surface area contributed by atoms with Crippen molar-refractivity contribution in [2.24, 2.45) is 0 Å². The van der Waals surface area contributed by atoms with Crippen molar-refractivity contribution in [3.63, 3.8) is 0 Å². The minimum Gasteiger partial charge on any atom is -0.394 e. The molecule has 1 heterocycles. The predicted octanol–water partition coefficient (Wildman–Crippen LogP) is 1.50. The summed E-state index contributed by atoms with van der Waals surface area (Å²) >= 11 is 0. The monoisotopic (exact) mass is 260 g/mol. The number of nitriles is 1. The van der Waals surface area contributed by atoms with Crippen LogP contribution in [0.15, 0.2) is 30.6 Å². The van der Waals surface area contributed by atoms with Crippen molar-refractivity contribution in [2.75, 3.05) is 11.9 Å². The van der Waals surface area contributed by atoms with Gasteiger partial charge < -0.3 is 10.4 Å². The van der Waals surface area contributed by atoms with Crippen molar-refractivity contribution in [1.82, 2.24) is 9.78 Å². The highest BCUT2D eigenvalue weighted by Crippen LogP contribution is 2.16. The first-order chi connectivity index (χ1) is 9.22. The van der Waals surface area contributed by atoms with E-state index in [4.69, 9.17) is 10.4 Å². The maximum atomic E-state index is 13.6. The molecule has 0 bridgehead atoms. The summed E-state index contributed by atoms with van der Waals surface area (Å²) in [5.41, 5.74) is 1.52. The highest BCUT2D eigenvalue weighted by atomic mass is 19.1. The molecule has 0 aliphatic carbocycles. The molecule has 5 nitrogen and oxygen atoms in total. The van der Waals surface area contributed by atoms with Crippen LogP contribution in [0.5, 0.6) is 0 Å². The fourth-order valence-corrected chi connectivity index (χ4v) is 1.65. The van der Waals surface area contributed by atoms with Gasteiger partial charge >= 0.3 is 0 Å². The van der Waals surface area contributed by atoms with Gasteiger partial charge in [-0.1, -0.05) is 0 Å². The molecule has 0 atom stereocenters. The van der Waals surface area contributed by atoms with Gasteiger partial charge in [0.15, 0.2) is 0 Å². The zero-order valence-electron chi connectivity index (χ0n) is 10.2. The molecule has 0 unspecified atom stereocenters. The molecule has 0 amide bonds. The zero-order chi connectivity index (χ0) is 13.7. The Morgan fingerprint density at radius 2 is 2.32 bits per heavy atom. The van der Waals surface area contributed by atoms with E-state index in [1.807, 2.05) is 6.07 Å². The lowest BCUT2D eigenvalue weighted by atomic mass is 10.2. The minimum absolute atomic E-state index is 0.0266. The Balaban J connectivity index is 2.00. The number of benzene rings is 1. The Morgan fingerprint density at radius 3 is 3.00 bits per heavy atom. The van der Waals surface area contributed by atoms with Crippen molar-refractivity contribution >= 4 is 5.69 Å². The van der Waals surface area contributed by atoms with Gasteiger partial charge in [-0.2, -0.15) is 10.4 Å². The number of anilines is 1. The second-order valence-electron chi connectivity index (χ2n) is 4.00. The fraction of sp³-hybridized carbons (Fsp3) is 0.231. The Kier molecular flexibility index (Phi) is 4.11. The number of aromatic nitrogens is 2. The molecular formula is C13H13FN4O. The van der Waals surface area contributed by atoms with Crippen LogP contribution < -0.4 is 5.32 Å². The Labute approximate surface area is 109 Å². The van der Waals surface area contributed by atoms with Crippen LogP contribution in [0.2, 0.25) is 0 Å². The van der Waals surface area contributed by atoms with Gasteiger partial charge in [0.25, 0.3) is 0 Å². The molecule has 2 rings (SSSR count). The second kappa shape index (κ2) is 5.98. The predicted molar refractivity (Wildman–Crippen MR) is 67.8 cm³/mol. The van der Waals surface area contributed by atoms with Crippen LogP contribution in [-0.2, 0) is 13.1 Å². The smallest absolute Gasteiger partial charge is 0.147 e. The minimum atomic E-state index is -0.457. The topological polar surface area (TPSA) is 73.9 Å². The lowest BCUT2D eigenvalue weighted by Gasteiger charge is -2.06. The van der Waals surface area contributed by atoms with Crippen LogP contribution in [0.25, 0.3) is 0 Å². The van der Waals surface area contributed by atoms with E-state index < -0.39 is 5.82 Å². The van der Waals surface area contributed by atoms with Crippen LogP contribution in [0.3, 0.4) is 0 Å². The second-order valence-corrected chi connectivity index (χ2v) is 4.00. The molecule has 0 aliphatic heterocycles. The summed E-state index contributed by atoms with van der Waals surface area (Å²) in [6.07, 6.45) is 3.44. The van der Waals surface area contributed by atoms with Gasteiger partial charge in [0.05, 0.1) is 36.7 Å². The molecule has 98 valence electrons. The van der Waals surface area contributed by atoms with E-state index in [1.165, 1.54) is 12.1 Å². The van der Waals surface area contributed by atoms with Crippen molar-refractivity contribution < 1.29 is 9.50 Å². The van der Waals surface area contributed by atoms with Crippen LogP contribution in [0.4, 0.5) is 10.1 Å². The van der Waals surface area contributed by atoms with E-state index in [9.17, 15) is 4.39 Å². The standard InChI is InChI=1S/C13H13FN4O/c14-12-5-10(6-15)1-2-13(12)16-7-11-8-17-18(9-11)3-4-19/h1-2,5,8-9,16,19H,3-4,7H2. The molecule has 0 saturated heterocycles. The average Bonchev–Trinajstić information content (AvgIpc) is 2.85. The summed E-state index contributed by atoms with van der Waals surface area (Å²) in [7, 11) is 0. The third-order valence-electron chi connectivity index (χ3n) is 2.60. The SMILES string of the molecule is N#Cc1ccc(NCc2cnn(CCO)c2)c(F)c1. The highest BCUT2D eigenvalue weighted by Gasteiger charge is 2.04. The van der Waals surface area contributed by atoms with Gasteiger partial charge in [-0.3, -0.25) is 4.68 Å². The van der Waals surface area contributed by atoms with Gasteiger partial charge in [-0.25, -0.2) is 4.39 Å². The van der Waals surface area contributed by atoms with Crippen molar-refractivity contribution in [3.8, 4) is 6.07 Å². The fourth-order valence-electron chi connectivity index (χ4n) is 1.65. The van der Waals surface area contributed by atoms with E-state index in [0.29, 0.717) is 24.3 Å². The van der Waals surface area contributed by atoms with E-state index in [-0.39, 0.29) is 6.61 Å². The molecule has 0 spiro atoms. The van der Waals surface area contributed by atoms with Crippen LogP contribution in [0.1, 0.15) is 11.1 Å². The van der Waals surface area contributed by atoms with Gasteiger partial charge in [-0.05, 0) is 18.2 Å². The summed E-state index contributed by atoms with van der Waals surface area (Å²) < 4.78 is 15.2. The number of hydrogen-bond acceptors (Lipinski definition) is 4. The van der Waals surface area contributed by atoms with E-state index >= 15 is 0 Å². The highest BCUT2D eigenvalue weighted by molar-refractivity contribution is 5.49. The number of aliphatic hydroxyl groups is 1. The third kappa shape index (κ3) is 3.30. The zero-order valence-corrected chi connectivity index (χ0v) is 10.2. The molecule has 6 heteroatoms. The number of nitrogens with zero attached hydrogens (tertiary/aromatic N) is 3. The maximum absolute atomic E-state index is 13.6. The van der Waals surface area contributed by atoms with E-state index in [1.54, 1.807) is 23.1 Å². The number of nitrogens with one attached hydrogen (secondary N) is 1. The summed E-state index contributed by atoms with van der Waals surface area (Å²) in [5.74, 6) is -0.457. The van der Waals surface area contributed by atoms with Crippen molar-refractivity contribution in [1.29, 1.82) is 5.26 Å². The largest absolute Gasteiger partial charge is 0.394 e. The summed E-state index contributed by atoms with van der Waals surface area (Å²) in [6.45, 7) is 0.887. The van der Waals surface area contributed by atoms with Crippen LogP contribution in [0, 0.1) is 17.1 Å². The Hall–Kier alpha value is -2.39. The molecule has 1 aromatic carbocycles. The van der Waals surface area contributed by atoms with E-state index in [2.05, 4.69) is 10.4 Å². The number of rotatable bonds is 5. The summed E-state index contributed by atoms with van der Waals surface area (Å²) in [6, 6.07) is 6.16. The van der Waals surface area contributed by atoms with Gasteiger partial charge in [0, 0.05) is 18.3 Å². The van der Waals surface area contributed by atoms with Crippen molar-refractivity contribution in [2.45, 2.75) is 13.1 Å². The molecule has 0 saturated carbocycles. The first kappa shape index (κ1) is 13.1. The lowest BCUT2D eigenvalue weighted by Crippen LogP contribution is -2.03. The molecule has 19 heavy (non-hydrogen) atoms. The Bertz CT molecular complexity index is 603. The first-order valence-corrected chi connectivity index (χ1v) is 5.78. The van der Waals surface area contributed by atoms with Gasteiger partial charge in [0.2, 0.25) is 0 Å². The van der Waals surface area contributed by atoms with Crippen LogP contribution >= 0.6 is 0 Å². The third-order valence-corrected chi connectivity index (χ3v) is 2.60. The van der Waals surface area contributed by atoms with Crippen molar-refractivity contribution in [3.05, 3.63) is 47.5 Å². The number of aliphatic hydroxyl groups excluding tert-OH is 1. The first-order valence-electron chi connectivity index (χ1n) is 5.78. The van der Waals surface area contributed by atoms with Gasteiger partial charge in [0.1, 0.15) is 5.82 Å². The molecule has 2 aromatic rings. The quantitative estimate of drug-likeness (QED) is 0.854.